The largest absolute Gasteiger partial charge is 0.479 e. The number of carbonyl (C=O) groups is 2. The van der Waals surface area contributed by atoms with E-state index in [-0.39, 0.29) is 23.4 Å². The third kappa shape index (κ3) is 3.59. The van der Waals surface area contributed by atoms with E-state index >= 15 is 0 Å². The number of carboxylic acid groups (broad SMARTS) is 1. The Morgan fingerprint density at radius 2 is 1.92 bits per heavy atom. The van der Waals surface area contributed by atoms with E-state index < -0.39 is 34.1 Å². The molecule has 0 aliphatic carbocycles. The number of aliphatic carboxylic acids is 1. The molecule has 1 aromatic rings. The lowest BCUT2D eigenvalue weighted by atomic mass is 10.1. The van der Waals surface area contributed by atoms with Crippen LogP contribution >= 0.6 is 0 Å². The quantitative estimate of drug-likeness (QED) is 0.802. The maximum absolute atomic E-state index is 14.2. The van der Waals surface area contributed by atoms with Crippen LogP contribution in [0.1, 0.15) is 36.2 Å². The molecule has 1 N–H and O–H groups in total. The molecule has 7 nitrogen and oxygen atoms in total. The zero-order chi connectivity index (χ0) is 19.7. The van der Waals surface area contributed by atoms with E-state index in [1.807, 2.05) is 0 Å². The molecule has 144 valence electrons. The molecule has 1 unspecified atom stereocenters. The summed E-state index contributed by atoms with van der Waals surface area (Å²) in [6.45, 7) is 5.10. The van der Waals surface area contributed by atoms with Gasteiger partial charge in [0.15, 0.2) is 0 Å². The molecule has 1 atom stereocenters. The van der Waals surface area contributed by atoms with E-state index in [1.54, 1.807) is 20.8 Å². The van der Waals surface area contributed by atoms with Crippen molar-refractivity contribution in [3.05, 3.63) is 29.3 Å². The molecule has 0 radical (unpaired) electrons. The van der Waals surface area contributed by atoms with Crippen LogP contribution in [0.4, 0.5) is 4.39 Å². The number of aryl methyl sites for hydroxylation is 1. The summed E-state index contributed by atoms with van der Waals surface area (Å²) in [6, 6.07) is 4.24. The van der Waals surface area contributed by atoms with Gasteiger partial charge in [-0.2, -0.15) is 4.31 Å². The second-order valence-electron chi connectivity index (χ2n) is 6.31. The fourth-order valence-corrected chi connectivity index (χ4v) is 4.48. The molecule has 26 heavy (non-hydrogen) atoms. The maximum Gasteiger partial charge on any atom is 0.343 e. The summed E-state index contributed by atoms with van der Waals surface area (Å²) in [5.74, 6) is -2.16. The number of carbonyl (C=O) groups excluding carboxylic acids is 1. The van der Waals surface area contributed by atoms with Gasteiger partial charge in [-0.25, -0.2) is 17.6 Å². The Balaban J connectivity index is 2.37. The number of likely N-dealkylation sites (tertiary alicyclic amines) is 1. The Bertz CT molecular complexity index is 822. The summed E-state index contributed by atoms with van der Waals surface area (Å²) in [5.41, 5.74) is -1.79. The average molecular weight is 386 g/mol. The minimum atomic E-state index is -3.74. The molecule has 0 bridgehead atoms. The highest BCUT2D eigenvalue weighted by Gasteiger charge is 2.47. The van der Waals surface area contributed by atoms with Crippen LogP contribution in [0.2, 0.25) is 0 Å². The summed E-state index contributed by atoms with van der Waals surface area (Å²) in [6.07, 6.45) is -0.287. The first-order valence-corrected chi connectivity index (χ1v) is 9.83. The maximum atomic E-state index is 14.2. The molecular weight excluding hydrogens is 363 g/mol. The highest BCUT2D eigenvalue weighted by molar-refractivity contribution is 7.89. The van der Waals surface area contributed by atoms with E-state index in [4.69, 9.17) is 5.11 Å². The van der Waals surface area contributed by atoms with E-state index in [0.717, 1.165) is 4.90 Å². The Hall–Kier alpha value is -2.00. The Labute approximate surface area is 152 Å². The molecule has 1 heterocycles. The summed E-state index contributed by atoms with van der Waals surface area (Å²) >= 11 is 0. The van der Waals surface area contributed by atoms with Crippen molar-refractivity contribution in [1.82, 2.24) is 9.21 Å². The first-order valence-electron chi connectivity index (χ1n) is 8.39. The van der Waals surface area contributed by atoms with Crippen LogP contribution in [0.3, 0.4) is 0 Å². The number of nitrogens with zero attached hydrogens (tertiary/aromatic N) is 2. The number of hydrogen-bond acceptors (Lipinski definition) is 4. The number of benzene rings is 1. The lowest BCUT2D eigenvalue weighted by molar-refractivity contribution is -0.149. The van der Waals surface area contributed by atoms with Gasteiger partial charge >= 0.3 is 5.97 Å². The number of alkyl halides is 1. The molecule has 1 aliphatic heterocycles. The number of carboxylic acids is 1. The minimum absolute atomic E-state index is 0.0147. The van der Waals surface area contributed by atoms with Gasteiger partial charge < -0.3 is 10.0 Å². The minimum Gasteiger partial charge on any atom is -0.479 e. The van der Waals surface area contributed by atoms with Gasteiger partial charge in [-0.3, -0.25) is 4.79 Å². The lowest BCUT2D eigenvalue weighted by Crippen LogP contribution is -2.39. The molecule has 2 rings (SSSR count). The summed E-state index contributed by atoms with van der Waals surface area (Å²) in [4.78, 5) is 24.8. The van der Waals surface area contributed by atoms with E-state index in [2.05, 4.69) is 0 Å². The van der Waals surface area contributed by atoms with Crippen LogP contribution in [0, 0.1) is 6.92 Å². The smallest absolute Gasteiger partial charge is 0.343 e. The molecule has 1 aromatic carbocycles. The third-order valence-corrected chi connectivity index (χ3v) is 6.72. The highest BCUT2D eigenvalue weighted by atomic mass is 32.2. The molecule has 1 aliphatic rings. The van der Waals surface area contributed by atoms with E-state index in [1.165, 1.54) is 22.5 Å². The van der Waals surface area contributed by atoms with Crippen molar-refractivity contribution >= 4 is 21.9 Å². The Morgan fingerprint density at radius 1 is 1.31 bits per heavy atom. The van der Waals surface area contributed by atoms with Crippen molar-refractivity contribution in [1.29, 1.82) is 0 Å². The van der Waals surface area contributed by atoms with Crippen LogP contribution in [-0.2, 0) is 14.8 Å². The number of sulfonamides is 1. The monoisotopic (exact) mass is 386 g/mol. The van der Waals surface area contributed by atoms with Gasteiger partial charge in [0.2, 0.25) is 15.7 Å². The molecule has 0 spiro atoms. The van der Waals surface area contributed by atoms with Crippen molar-refractivity contribution in [2.75, 3.05) is 26.2 Å². The first kappa shape index (κ1) is 20.3. The molecule has 0 aromatic heterocycles. The average Bonchev–Trinajstić information content (AvgIpc) is 2.99. The fourth-order valence-electron chi connectivity index (χ4n) is 3.00. The van der Waals surface area contributed by atoms with Crippen LogP contribution in [0.15, 0.2) is 23.1 Å². The van der Waals surface area contributed by atoms with E-state index in [0.29, 0.717) is 18.7 Å². The molecule has 1 fully saturated rings. The number of halogens is 1. The van der Waals surface area contributed by atoms with E-state index in [9.17, 15) is 22.4 Å². The van der Waals surface area contributed by atoms with Crippen molar-refractivity contribution in [2.24, 2.45) is 0 Å². The van der Waals surface area contributed by atoms with Gasteiger partial charge in [0.05, 0.1) is 11.4 Å². The van der Waals surface area contributed by atoms with Crippen molar-refractivity contribution < 1.29 is 27.5 Å². The molecule has 9 heteroatoms. The number of hydrogen-bond donors (Lipinski definition) is 1. The molecule has 1 amide bonds. The predicted octanol–water partition coefficient (Wildman–Crippen LogP) is 1.66. The zero-order valence-electron chi connectivity index (χ0n) is 15.0. The second kappa shape index (κ2) is 7.32. The van der Waals surface area contributed by atoms with Crippen molar-refractivity contribution in [3.63, 3.8) is 0 Å². The zero-order valence-corrected chi connectivity index (χ0v) is 15.8. The van der Waals surface area contributed by atoms with Crippen LogP contribution in [0.25, 0.3) is 0 Å². The van der Waals surface area contributed by atoms with Gasteiger partial charge in [0.25, 0.3) is 5.91 Å². The Kier molecular flexibility index (Phi) is 5.72. The molecule has 0 saturated carbocycles. The van der Waals surface area contributed by atoms with Gasteiger partial charge in [-0.15, -0.1) is 0 Å². The van der Waals surface area contributed by atoms with Gasteiger partial charge in [0.1, 0.15) is 0 Å². The summed E-state index contributed by atoms with van der Waals surface area (Å²) in [5, 5.41) is 8.97. The Morgan fingerprint density at radius 3 is 2.42 bits per heavy atom. The topological polar surface area (TPSA) is 95.0 Å². The van der Waals surface area contributed by atoms with Gasteiger partial charge in [-0.1, -0.05) is 19.9 Å². The molecular formula is C17H23FN2O5S. The summed E-state index contributed by atoms with van der Waals surface area (Å²) < 4.78 is 40.8. The SMILES string of the molecule is CCN(CC)S(=O)(=O)c1ccc(C)c(C(=O)N2CCC(F)(C(=O)O)C2)c1. The molecule has 1 saturated heterocycles. The standard InChI is InChI=1S/C17H23FN2O5S/c1-4-20(5-2)26(24,25)13-7-6-12(3)14(10-13)15(21)19-9-8-17(18,11-19)16(22)23/h6-7,10H,4-5,8-9,11H2,1-3H3,(H,22,23). The fraction of sp³-hybridized carbons (Fsp3) is 0.529. The highest BCUT2D eigenvalue weighted by Crippen LogP contribution is 2.28. The van der Waals surface area contributed by atoms with Gasteiger partial charge in [-0.05, 0) is 24.6 Å². The van der Waals surface area contributed by atoms with Crippen LogP contribution in [-0.4, -0.2) is 66.5 Å². The van der Waals surface area contributed by atoms with Crippen LogP contribution < -0.4 is 0 Å². The van der Waals surface area contributed by atoms with Crippen molar-refractivity contribution in [2.45, 2.75) is 37.8 Å². The third-order valence-electron chi connectivity index (χ3n) is 4.67. The van der Waals surface area contributed by atoms with Crippen molar-refractivity contribution in [3.8, 4) is 0 Å². The normalized spacial score (nSPS) is 20.6. The number of amides is 1. The first-order chi connectivity index (χ1) is 12.1. The summed E-state index contributed by atoms with van der Waals surface area (Å²) in [7, 11) is -3.74. The number of rotatable bonds is 6. The van der Waals surface area contributed by atoms with Crippen LogP contribution in [0.5, 0.6) is 0 Å². The lowest BCUT2D eigenvalue weighted by Gasteiger charge is -2.21. The van der Waals surface area contributed by atoms with Gasteiger partial charge in [0, 0.05) is 31.6 Å². The second-order valence-corrected chi connectivity index (χ2v) is 8.25. The predicted molar refractivity (Wildman–Crippen MR) is 93.3 cm³/mol.